The summed E-state index contributed by atoms with van der Waals surface area (Å²) in [7, 11) is 1.61. The molecule has 8 heteroatoms. The van der Waals surface area contributed by atoms with Crippen molar-refractivity contribution in [2.75, 3.05) is 19.5 Å². The van der Waals surface area contributed by atoms with Crippen molar-refractivity contribution < 1.29 is 14.3 Å². The minimum absolute atomic E-state index is 0.181. The second-order valence-electron chi connectivity index (χ2n) is 6.85. The first-order valence-corrected chi connectivity index (χ1v) is 12.1. The molecule has 3 aromatic rings. The Bertz CT molecular complexity index is 987. The van der Waals surface area contributed by atoms with Crippen LogP contribution in [0.1, 0.15) is 38.2 Å². The molecule has 0 bridgehead atoms. The number of methoxy groups -OCH3 is 1. The number of thiazole rings is 1. The van der Waals surface area contributed by atoms with Crippen LogP contribution in [0.3, 0.4) is 0 Å². The van der Waals surface area contributed by atoms with Gasteiger partial charge >= 0.3 is 0 Å². The number of thioether (sulfide) groups is 1. The number of unbranched alkanes of at least 4 members (excludes halogenated alkanes) is 3. The quantitative estimate of drug-likeness (QED) is 0.168. The highest BCUT2D eigenvalue weighted by molar-refractivity contribution is 8.01. The molecule has 1 amide bonds. The second kappa shape index (κ2) is 12.3. The molecule has 0 fully saturated rings. The Hall–Kier alpha value is -2.58. The van der Waals surface area contributed by atoms with Crippen molar-refractivity contribution in [1.29, 1.82) is 0 Å². The molecule has 0 saturated heterocycles. The molecule has 2 aromatic carbocycles. The summed E-state index contributed by atoms with van der Waals surface area (Å²) in [6.45, 7) is 2.86. The molecule has 0 aliphatic rings. The van der Waals surface area contributed by atoms with Crippen LogP contribution in [0.15, 0.2) is 51.9 Å². The van der Waals surface area contributed by atoms with Crippen molar-refractivity contribution in [3.8, 4) is 11.5 Å². The van der Waals surface area contributed by atoms with Gasteiger partial charge in [-0.25, -0.2) is 10.4 Å². The highest BCUT2D eigenvalue weighted by atomic mass is 32.2. The van der Waals surface area contributed by atoms with Crippen LogP contribution in [0.5, 0.6) is 11.5 Å². The summed E-state index contributed by atoms with van der Waals surface area (Å²) in [4.78, 5) is 16.6. The fourth-order valence-corrected chi connectivity index (χ4v) is 4.71. The maximum Gasteiger partial charge on any atom is 0.250 e. The standard InChI is InChI=1S/C23H27N3O3S2/c1-3-4-5-8-13-29-19-12-11-17(14-20(19)28-2)15-24-26-22(27)16-30-23-25-18-9-6-7-10-21(18)31-23/h6-7,9-12,14-15H,3-5,8,13,16H2,1-2H3,(H,26,27)/b24-15+. The first kappa shape index (κ1) is 23.1. The van der Waals surface area contributed by atoms with Crippen LogP contribution in [-0.4, -0.2) is 36.6 Å². The predicted molar refractivity (Wildman–Crippen MR) is 129 cm³/mol. The zero-order valence-corrected chi connectivity index (χ0v) is 19.4. The molecule has 3 rings (SSSR count). The van der Waals surface area contributed by atoms with Gasteiger partial charge in [-0.05, 0) is 42.3 Å². The Morgan fingerprint density at radius 3 is 2.87 bits per heavy atom. The maximum absolute atomic E-state index is 12.1. The Balaban J connectivity index is 1.46. The van der Waals surface area contributed by atoms with Gasteiger partial charge in [-0.1, -0.05) is 50.1 Å². The molecule has 0 saturated carbocycles. The molecule has 1 aromatic heterocycles. The van der Waals surface area contributed by atoms with Gasteiger partial charge in [0.2, 0.25) is 0 Å². The third-order valence-electron chi connectivity index (χ3n) is 4.45. The third-order valence-corrected chi connectivity index (χ3v) is 6.63. The number of carbonyl (C=O) groups excluding carboxylic acids is 1. The first-order valence-electron chi connectivity index (χ1n) is 10.3. The molecule has 0 spiro atoms. The van der Waals surface area contributed by atoms with Gasteiger partial charge in [0.25, 0.3) is 5.91 Å². The van der Waals surface area contributed by atoms with Gasteiger partial charge in [0.15, 0.2) is 15.8 Å². The van der Waals surface area contributed by atoms with Crippen LogP contribution >= 0.6 is 23.1 Å². The number of hydrazone groups is 1. The van der Waals surface area contributed by atoms with Crippen molar-refractivity contribution in [2.24, 2.45) is 5.10 Å². The summed E-state index contributed by atoms with van der Waals surface area (Å²) >= 11 is 2.99. The summed E-state index contributed by atoms with van der Waals surface area (Å²) in [5, 5.41) is 4.05. The number of para-hydroxylation sites is 1. The monoisotopic (exact) mass is 457 g/mol. The van der Waals surface area contributed by atoms with Gasteiger partial charge in [-0.3, -0.25) is 4.79 Å². The van der Waals surface area contributed by atoms with Crippen LogP contribution in [0.2, 0.25) is 0 Å². The van der Waals surface area contributed by atoms with E-state index in [1.807, 2.05) is 42.5 Å². The van der Waals surface area contributed by atoms with Crippen LogP contribution < -0.4 is 14.9 Å². The lowest BCUT2D eigenvalue weighted by molar-refractivity contribution is -0.118. The number of rotatable bonds is 12. The smallest absolute Gasteiger partial charge is 0.250 e. The van der Waals surface area contributed by atoms with Gasteiger partial charge < -0.3 is 9.47 Å². The molecule has 0 aliphatic carbocycles. The normalized spacial score (nSPS) is 11.2. The summed E-state index contributed by atoms with van der Waals surface area (Å²) in [5.74, 6) is 1.44. The minimum Gasteiger partial charge on any atom is -0.493 e. The van der Waals surface area contributed by atoms with E-state index in [1.54, 1.807) is 24.7 Å². The number of hydrogen-bond acceptors (Lipinski definition) is 7. The Morgan fingerprint density at radius 1 is 1.19 bits per heavy atom. The maximum atomic E-state index is 12.1. The third kappa shape index (κ3) is 7.25. The number of hydrogen-bond donors (Lipinski definition) is 1. The molecule has 0 atom stereocenters. The van der Waals surface area contributed by atoms with E-state index < -0.39 is 0 Å². The number of amides is 1. The van der Waals surface area contributed by atoms with Crippen LogP contribution in [0.4, 0.5) is 0 Å². The molecule has 31 heavy (non-hydrogen) atoms. The molecular weight excluding hydrogens is 430 g/mol. The summed E-state index contributed by atoms with van der Waals surface area (Å²) < 4.78 is 13.2. The largest absolute Gasteiger partial charge is 0.493 e. The molecule has 0 radical (unpaired) electrons. The Kier molecular flexibility index (Phi) is 9.17. The number of ether oxygens (including phenoxy) is 2. The molecule has 1 N–H and O–H groups in total. The lowest BCUT2D eigenvalue weighted by Crippen LogP contribution is -2.19. The number of carbonyl (C=O) groups is 1. The molecule has 1 heterocycles. The number of fused-ring (bicyclic) bond motifs is 1. The van der Waals surface area contributed by atoms with Crippen molar-refractivity contribution in [1.82, 2.24) is 10.4 Å². The predicted octanol–water partition coefficient (Wildman–Crippen LogP) is 5.51. The first-order chi connectivity index (χ1) is 15.2. The number of aromatic nitrogens is 1. The average Bonchev–Trinajstić information content (AvgIpc) is 3.21. The Morgan fingerprint density at radius 2 is 2.06 bits per heavy atom. The molecular formula is C23H27N3O3S2. The molecule has 0 unspecified atom stereocenters. The van der Waals surface area contributed by atoms with E-state index in [4.69, 9.17) is 9.47 Å². The summed E-state index contributed by atoms with van der Waals surface area (Å²) in [5.41, 5.74) is 4.32. The van der Waals surface area contributed by atoms with Gasteiger partial charge in [0, 0.05) is 0 Å². The highest BCUT2D eigenvalue weighted by Gasteiger charge is 2.08. The van der Waals surface area contributed by atoms with Crippen molar-refractivity contribution in [3.63, 3.8) is 0 Å². The number of nitrogens with one attached hydrogen (secondary N) is 1. The molecule has 0 aliphatic heterocycles. The van der Waals surface area contributed by atoms with Crippen molar-refractivity contribution >= 4 is 45.4 Å². The van der Waals surface area contributed by atoms with E-state index in [-0.39, 0.29) is 11.7 Å². The fraction of sp³-hybridized carbons (Fsp3) is 0.348. The van der Waals surface area contributed by atoms with Crippen molar-refractivity contribution in [2.45, 2.75) is 36.9 Å². The van der Waals surface area contributed by atoms with Gasteiger partial charge in [0.05, 0.1) is 35.9 Å². The lowest BCUT2D eigenvalue weighted by atomic mass is 10.2. The summed E-state index contributed by atoms with van der Waals surface area (Å²) in [6.07, 6.45) is 6.21. The Labute approximate surface area is 191 Å². The number of nitrogens with zero attached hydrogens (tertiary/aromatic N) is 2. The highest BCUT2D eigenvalue weighted by Crippen LogP contribution is 2.29. The van der Waals surface area contributed by atoms with E-state index in [2.05, 4.69) is 22.4 Å². The van der Waals surface area contributed by atoms with E-state index in [9.17, 15) is 4.79 Å². The second-order valence-corrected chi connectivity index (χ2v) is 9.10. The molecule has 6 nitrogen and oxygen atoms in total. The number of benzene rings is 2. The van der Waals surface area contributed by atoms with Gasteiger partial charge in [-0.15, -0.1) is 11.3 Å². The lowest BCUT2D eigenvalue weighted by Gasteiger charge is -2.11. The van der Waals surface area contributed by atoms with E-state index in [1.165, 1.54) is 31.0 Å². The van der Waals surface area contributed by atoms with E-state index in [0.29, 0.717) is 18.1 Å². The van der Waals surface area contributed by atoms with Crippen LogP contribution in [0, 0.1) is 0 Å². The fourth-order valence-electron chi connectivity index (χ4n) is 2.85. The van der Waals surface area contributed by atoms with Gasteiger partial charge in [-0.2, -0.15) is 5.10 Å². The van der Waals surface area contributed by atoms with E-state index in [0.717, 1.165) is 26.5 Å². The minimum atomic E-state index is -0.181. The molecule has 164 valence electrons. The van der Waals surface area contributed by atoms with E-state index >= 15 is 0 Å². The topological polar surface area (TPSA) is 72.8 Å². The van der Waals surface area contributed by atoms with Crippen LogP contribution in [0.25, 0.3) is 10.2 Å². The summed E-state index contributed by atoms with van der Waals surface area (Å²) in [6, 6.07) is 13.5. The van der Waals surface area contributed by atoms with Crippen LogP contribution in [-0.2, 0) is 4.79 Å². The zero-order valence-electron chi connectivity index (χ0n) is 17.8. The van der Waals surface area contributed by atoms with Gasteiger partial charge in [0.1, 0.15) is 0 Å². The SMILES string of the molecule is CCCCCCOc1ccc(/C=N/NC(=O)CSc2nc3ccccc3s2)cc1OC. The van der Waals surface area contributed by atoms with Crippen molar-refractivity contribution in [3.05, 3.63) is 48.0 Å². The average molecular weight is 458 g/mol. The zero-order chi connectivity index (χ0) is 21.9.